The van der Waals surface area contributed by atoms with Crippen LogP contribution >= 0.6 is 22.6 Å². The average Bonchev–Trinajstić information content (AvgIpc) is 3.33. The van der Waals surface area contributed by atoms with Crippen LogP contribution in [0.4, 0.5) is 20.3 Å². The second-order valence-corrected chi connectivity index (χ2v) is 9.58. The van der Waals surface area contributed by atoms with Crippen molar-refractivity contribution < 1.29 is 13.5 Å². The maximum atomic E-state index is 13.1. The van der Waals surface area contributed by atoms with Crippen LogP contribution in [0.1, 0.15) is 31.0 Å². The standard InChI is InChI=1S/C26H24F2IN5O/c1-3-18-10-11-34(16-18)25-24(19-4-5-22(13-30)31-14-19)12-20(15-32-25)17(2)33-21-6-8-23(9-7-21)35-26(27,28)29/h4-9,12,14-15,18,33H,2-3,10-11,16H2,1H3/t18-/m0/s1. The van der Waals surface area contributed by atoms with Gasteiger partial charge in [0.15, 0.2) is 0 Å². The van der Waals surface area contributed by atoms with Crippen LogP contribution in [0.25, 0.3) is 16.8 Å². The van der Waals surface area contributed by atoms with E-state index in [0.29, 0.717) is 23.0 Å². The molecule has 1 fully saturated rings. The first kappa shape index (κ1) is 24.9. The molecule has 1 aliphatic heterocycles. The van der Waals surface area contributed by atoms with Crippen LogP contribution in [0.3, 0.4) is 0 Å². The van der Waals surface area contributed by atoms with E-state index in [9.17, 15) is 8.78 Å². The summed E-state index contributed by atoms with van der Waals surface area (Å²) in [5, 5.41) is 12.3. The summed E-state index contributed by atoms with van der Waals surface area (Å²) in [6.07, 6.45) is 5.72. The molecule has 4 rings (SSSR count). The number of halogens is 3. The van der Waals surface area contributed by atoms with Gasteiger partial charge in [-0.15, -0.1) is 0 Å². The normalized spacial score (nSPS) is 15.5. The minimum atomic E-state index is -3.27. The summed E-state index contributed by atoms with van der Waals surface area (Å²) in [4.78, 5) is 11.3. The Morgan fingerprint density at radius 3 is 2.63 bits per heavy atom. The fourth-order valence-corrected chi connectivity index (χ4v) is 4.31. The lowest BCUT2D eigenvalue weighted by Crippen LogP contribution is -2.21. The van der Waals surface area contributed by atoms with Crippen molar-refractivity contribution in [1.29, 1.82) is 5.26 Å². The van der Waals surface area contributed by atoms with Gasteiger partial charge in [0.1, 0.15) is 23.3 Å². The molecule has 0 spiro atoms. The van der Waals surface area contributed by atoms with E-state index in [2.05, 4.69) is 33.4 Å². The van der Waals surface area contributed by atoms with Crippen molar-refractivity contribution in [1.82, 2.24) is 9.97 Å². The maximum absolute atomic E-state index is 13.1. The van der Waals surface area contributed by atoms with Gasteiger partial charge in [0, 0.05) is 53.6 Å². The molecule has 0 radical (unpaired) electrons. The molecule has 1 N–H and O–H groups in total. The molecule has 2 aromatic heterocycles. The lowest BCUT2D eigenvalue weighted by atomic mass is 10.0. The third kappa shape index (κ3) is 6.25. The summed E-state index contributed by atoms with van der Waals surface area (Å²) < 4.78 is 27.4. The Hall–Kier alpha value is -3.26. The molecule has 9 heteroatoms. The van der Waals surface area contributed by atoms with Gasteiger partial charge in [-0.25, -0.2) is 9.97 Å². The van der Waals surface area contributed by atoms with Crippen molar-refractivity contribution in [3.8, 4) is 22.9 Å². The van der Waals surface area contributed by atoms with Crippen LogP contribution in [0, 0.1) is 17.2 Å². The zero-order valence-corrected chi connectivity index (χ0v) is 21.3. The molecule has 0 saturated carbocycles. The fraction of sp³-hybridized carbons (Fsp3) is 0.269. The first-order valence-corrected chi connectivity index (χ1v) is 12.3. The van der Waals surface area contributed by atoms with Crippen molar-refractivity contribution in [2.45, 2.75) is 23.9 Å². The van der Waals surface area contributed by atoms with E-state index < -0.39 is 4.12 Å². The number of aromatic nitrogens is 2. The third-order valence-corrected chi connectivity index (χ3v) is 6.17. The van der Waals surface area contributed by atoms with E-state index in [1.165, 1.54) is 12.1 Å². The molecule has 1 saturated heterocycles. The fourth-order valence-electron chi connectivity index (χ4n) is 4.05. The monoisotopic (exact) mass is 587 g/mol. The highest BCUT2D eigenvalue weighted by Gasteiger charge is 2.26. The van der Waals surface area contributed by atoms with E-state index in [-0.39, 0.29) is 5.75 Å². The smallest absolute Gasteiger partial charge is 0.425 e. The largest absolute Gasteiger partial charge is 0.451 e. The number of pyridine rings is 2. The molecule has 0 unspecified atom stereocenters. The lowest BCUT2D eigenvalue weighted by molar-refractivity contribution is -0.0691. The molecule has 3 heterocycles. The van der Waals surface area contributed by atoms with E-state index in [1.54, 1.807) is 30.6 Å². The van der Waals surface area contributed by atoms with Gasteiger partial charge in [0.25, 0.3) is 0 Å². The molecule has 6 nitrogen and oxygen atoms in total. The summed E-state index contributed by atoms with van der Waals surface area (Å²) >= 11 is 0.932. The number of benzene rings is 1. The molecule has 1 atom stereocenters. The van der Waals surface area contributed by atoms with E-state index >= 15 is 0 Å². The molecule has 0 bridgehead atoms. The van der Waals surface area contributed by atoms with Gasteiger partial charge in [0.2, 0.25) is 0 Å². The van der Waals surface area contributed by atoms with Crippen LogP contribution in [0.5, 0.6) is 5.75 Å². The van der Waals surface area contributed by atoms with Crippen molar-refractivity contribution in [3.63, 3.8) is 0 Å². The van der Waals surface area contributed by atoms with Gasteiger partial charge in [-0.3, -0.25) is 0 Å². The topological polar surface area (TPSA) is 74.1 Å². The predicted molar refractivity (Wildman–Crippen MR) is 141 cm³/mol. The van der Waals surface area contributed by atoms with Crippen molar-refractivity contribution in [2.75, 3.05) is 23.3 Å². The second kappa shape index (κ2) is 10.6. The summed E-state index contributed by atoms with van der Waals surface area (Å²) in [6.45, 7) is 8.23. The third-order valence-electron chi connectivity index (χ3n) is 5.95. The summed E-state index contributed by atoms with van der Waals surface area (Å²) in [6, 6.07) is 13.9. The summed E-state index contributed by atoms with van der Waals surface area (Å²) in [7, 11) is 0. The van der Waals surface area contributed by atoms with Crippen LogP contribution in [-0.2, 0) is 0 Å². The van der Waals surface area contributed by atoms with Crippen molar-refractivity contribution >= 4 is 39.8 Å². The number of hydrogen-bond acceptors (Lipinski definition) is 6. The molecule has 180 valence electrons. The second-order valence-electron chi connectivity index (χ2n) is 8.32. The molecule has 35 heavy (non-hydrogen) atoms. The molecule has 3 aromatic rings. The van der Waals surface area contributed by atoms with Gasteiger partial charge in [-0.1, -0.05) is 19.9 Å². The number of hydrogen-bond donors (Lipinski definition) is 1. The molecule has 1 aliphatic rings. The quantitative estimate of drug-likeness (QED) is 0.234. The lowest BCUT2D eigenvalue weighted by Gasteiger charge is -2.22. The first-order valence-electron chi connectivity index (χ1n) is 11.2. The van der Waals surface area contributed by atoms with Crippen LogP contribution < -0.4 is 15.0 Å². The number of anilines is 2. The SMILES string of the molecule is C=C(Nc1ccc(OC(F)(F)I)cc1)c1cnc(N2CC[C@H](CC)C2)c(-c2ccc(C#N)nc2)c1. The first-order chi connectivity index (χ1) is 16.8. The Morgan fingerprint density at radius 2 is 2.03 bits per heavy atom. The number of ether oxygens (including phenoxy) is 1. The molecule has 0 amide bonds. The van der Waals surface area contributed by atoms with E-state index in [4.69, 9.17) is 10.2 Å². The number of rotatable bonds is 8. The van der Waals surface area contributed by atoms with Crippen molar-refractivity contribution in [3.05, 3.63) is 72.7 Å². The Balaban J connectivity index is 1.60. The molecular formula is C26H24F2IN5O. The Labute approximate surface area is 216 Å². The average molecular weight is 587 g/mol. The maximum Gasteiger partial charge on any atom is 0.451 e. The molecular weight excluding hydrogens is 563 g/mol. The number of nitrogens with zero attached hydrogens (tertiary/aromatic N) is 4. The molecule has 1 aromatic carbocycles. The summed E-state index contributed by atoms with van der Waals surface area (Å²) in [5.74, 6) is 1.59. The van der Waals surface area contributed by atoms with Gasteiger partial charge in [0.05, 0.1) is 22.6 Å². The minimum absolute atomic E-state index is 0.0678. The highest BCUT2D eigenvalue weighted by Crippen LogP contribution is 2.35. The van der Waals surface area contributed by atoms with E-state index in [1.807, 2.05) is 18.2 Å². The Bertz CT molecular complexity index is 1240. The van der Waals surface area contributed by atoms with Gasteiger partial charge in [-0.2, -0.15) is 14.0 Å². The van der Waals surface area contributed by atoms with E-state index in [0.717, 1.165) is 71.0 Å². The number of nitrogens with one attached hydrogen (secondary N) is 1. The highest BCUT2D eigenvalue weighted by atomic mass is 127. The minimum Gasteiger partial charge on any atom is -0.425 e. The molecule has 0 aliphatic carbocycles. The zero-order chi connectivity index (χ0) is 25.0. The van der Waals surface area contributed by atoms with Crippen LogP contribution in [0.15, 0.2) is 61.4 Å². The predicted octanol–water partition coefficient (Wildman–Crippen LogP) is 6.70. The van der Waals surface area contributed by atoms with Gasteiger partial charge >= 0.3 is 4.12 Å². The number of nitriles is 1. The highest BCUT2D eigenvalue weighted by molar-refractivity contribution is 14.1. The number of alkyl halides is 3. The van der Waals surface area contributed by atoms with Crippen molar-refractivity contribution in [2.24, 2.45) is 5.92 Å². The summed E-state index contributed by atoms with van der Waals surface area (Å²) in [5.41, 5.74) is 4.18. The van der Waals surface area contributed by atoms with Gasteiger partial charge in [-0.05, 0) is 54.8 Å². The zero-order valence-electron chi connectivity index (χ0n) is 19.1. The van der Waals surface area contributed by atoms with Crippen LogP contribution in [-0.4, -0.2) is 27.2 Å². The Morgan fingerprint density at radius 1 is 1.26 bits per heavy atom. The Kier molecular flexibility index (Phi) is 7.50. The van der Waals surface area contributed by atoms with Gasteiger partial charge < -0.3 is 15.0 Å². The van der Waals surface area contributed by atoms with Crippen LogP contribution in [0.2, 0.25) is 0 Å².